The molecule has 1 N–H and O–H groups in total. The normalized spacial score (nSPS) is 10.8. The first-order chi connectivity index (χ1) is 6.33. The van der Waals surface area contributed by atoms with Crippen molar-refractivity contribution < 1.29 is 9.52 Å². The van der Waals surface area contributed by atoms with Crippen molar-refractivity contribution in [3.05, 3.63) is 30.0 Å². The average molecular weight is 176 g/mol. The van der Waals surface area contributed by atoms with Gasteiger partial charge in [-0.2, -0.15) is 0 Å². The Morgan fingerprint density at radius 1 is 1.31 bits per heavy atom. The van der Waals surface area contributed by atoms with Crippen LogP contribution in [0.15, 0.2) is 28.9 Å². The topological polar surface area (TPSA) is 33.4 Å². The van der Waals surface area contributed by atoms with Crippen LogP contribution in [0.2, 0.25) is 0 Å². The SMILES string of the molecule is CCCc1ccc2ccoc2c1O. The van der Waals surface area contributed by atoms with Crippen LogP contribution in [0.1, 0.15) is 18.9 Å². The van der Waals surface area contributed by atoms with E-state index in [1.807, 2.05) is 18.2 Å². The zero-order valence-corrected chi connectivity index (χ0v) is 7.58. The molecule has 1 heterocycles. The Bertz CT molecular complexity index is 415. The summed E-state index contributed by atoms with van der Waals surface area (Å²) < 4.78 is 5.19. The van der Waals surface area contributed by atoms with E-state index < -0.39 is 0 Å². The molecule has 0 aliphatic carbocycles. The molecule has 0 saturated carbocycles. The number of fused-ring (bicyclic) bond motifs is 1. The number of furan rings is 1. The van der Waals surface area contributed by atoms with E-state index in [1.165, 1.54) is 0 Å². The van der Waals surface area contributed by atoms with Crippen molar-refractivity contribution in [1.29, 1.82) is 0 Å². The van der Waals surface area contributed by atoms with Gasteiger partial charge in [-0.3, -0.25) is 0 Å². The van der Waals surface area contributed by atoms with E-state index in [1.54, 1.807) is 6.26 Å². The number of hydrogen-bond acceptors (Lipinski definition) is 2. The number of rotatable bonds is 2. The number of phenols is 1. The summed E-state index contributed by atoms with van der Waals surface area (Å²) in [6.45, 7) is 2.09. The predicted molar refractivity (Wildman–Crippen MR) is 51.9 cm³/mol. The molecule has 2 heteroatoms. The second kappa shape index (κ2) is 3.13. The molecule has 1 aromatic heterocycles. The first-order valence-electron chi connectivity index (χ1n) is 4.51. The summed E-state index contributed by atoms with van der Waals surface area (Å²) in [4.78, 5) is 0. The second-order valence-electron chi connectivity index (χ2n) is 3.16. The van der Waals surface area contributed by atoms with Crippen molar-refractivity contribution in [2.45, 2.75) is 19.8 Å². The van der Waals surface area contributed by atoms with Gasteiger partial charge in [0.05, 0.1) is 6.26 Å². The molecule has 0 spiro atoms. The van der Waals surface area contributed by atoms with Gasteiger partial charge >= 0.3 is 0 Å². The molecule has 0 aliphatic rings. The van der Waals surface area contributed by atoms with E-state index in [9.17, 15) is 5.11 Å². The third-order valence-corrected chi connectivity index (χ3v) is 2.20. The molecule has 0 amide bonds. The molecule has 13 heavy (non-hydrogen) atoms. The largest absolute Gasteiger partial charge is 0.504 e. The summed E-state index contributed by atoms with van der Waals surface area (Å²) >= 11 is 0. The molecule has 68 valence electrons. The van der Waals surface area contributed by atoms with E-state index in [0.717, 1.165) is 23.8 Å². The summed E-state index contributed by atoms with van der Waals surface area (Å²) in [5, 5.41) is 10.7. The van der Waals surface area contributed by atoms with Crippen molar-refractivity contribution in [2.24, 2.45) is 0 Å². The molecule has 0 radical (unpaired) electrons. The monoisotopic (exact) mass is 176 g/mol. The lowest BCUT2D eigenvalue weighted by molar-refractivity contribution is 0.458. The second-order valence-corrected chi connectivity index (χ2v) is 3.16. The lowest BCUT2D eigenvalue weighted by Crippen LogP contribution is -1.83. The minimum Gasteiger partial charge on any atom is -0.504 e. The first kappa shape index (κ1) is 8.17. The molecule has 2 aromatic rings. The molecule has 0 fully saturated rings. The lowest BCUT2D eigenvalue weighted by Gasteiger charge is -2.02. The van der Waals surface area contributed by atoms with Crippen LogP contribution in [-0.4, -0.2) is 5.11 Å². The van der Waals surface area contributed by atoms with Gasteiger partial charge in [0.15, 0.2) is 11.3 Å². The lowest BCUT2D eigenvalue weighted by atomic mass is 10.1. The minimum absolute atomic E-state index is 0.296. The smallest absolute Gasteiger partial charge is 0.175 e. The highest BCUT2D eigenvalue weighted by Gasteiger charge is 2.07. The van der Waals surface area contributed by atoms with E-state index in [0.29, 0.717) is 11.3 Å². The van der Waals surface area contributed by atoms with Crippen molar-refractivity contribution in [2.75, 3.05) is 0 Å². The molecule has 0 saturated heterocycles. The Morgan fingerprint density at radius 2 is 2.15 bits per heavy atom. The fourth-order valence-corrected chi connectivity index (χ4v) is 1.53. The Labute approximate surface area is 76.8 Å². The maximum atomic E-state index is 9.78. The Morgan fingerprint density at radius 3 is 2.92 bits per heavy atom. The predicted octanol–water partition coefficient (Wildman–Crippen LogP) is 3.09. The van der Waals surface area contributed by atoms with E-state index in [2.05, 4.69) is 6.92 Å². The van der Waals surface area contributed by atoms with Gasteiger partial charge in [0.25, 0.3) is 0 Å². The molecule has 2 rings (SSSR count). The van der Waals surface area contributed by atoms with Gasteiger partial charge in [-0.15, -0.1) is 0 Å². The summed E-state index contributed by atoms with van der Waals surface area (Å²) in [5.41, 5.74) is 1.57. The standard InChI is InChI=1S/C11H12O2/c1-2-3-8-4-5-9-6-7-13-11(9)10(8)12/h4-7,12H,2-3H2,1H3. The fourth-order valence-electron chi connectivity index (χ4n) is 1.53. The van der Waals surface area contributed by atoms with Gasteiger partial charge < -0.3 is 9.52 Å². The van der Waals surface area contributed by atoms with Gasteiger partial charge in [0.1, 0.15) is 0 Å². The fraction of sp³-hybridized carbons (Fsp3) is 0.273. The quantitative estimate of drug-likeness (QED) is 0.762. The number of aryl methyl sites for hydroxylation is 1. The van der Waals surface area contributed by atoms with E-state index >= 15 is 0 Å². The van der Waals surface area contributed by atoms with Gasteiger partial charge in [-0.1, -0.05) is 25.5 Å². The summed E-state index contributed by atoms with van der Waals surface area (Å²) in [7, 11) is 0. The average Bonchev–Trinajstić information content (AvgIpc) is 2.58. The number of hydrogen-bond donors (Lipinski definition) is 1. The highest BCUT2D eigenvalue weighted by atomic mass is 16.3. The minimum atomic E-state index is 0.296. The third-order valence-electron chi connectivity index (χ3n) is 2.20. The van der Waals surface area contributed by atoms with Crippen molar-refractivity contribution in [3.8, 4) is 5.75 Å². The zero-order chi connectivity index (χ0) is 9.26. The van der Waals surface area contributed by atoms with E-state index in [-0.39, 0.29) is 0 Å². The Hall–Kier alpha value is -1.44. The Kier molecular flexibility index (Phi) is 1.97. The van der Waals surface area contributed by atoms with Crippen LogP contribution >= 0.6 is 0 Å². The highest BCUT2D eigenvalue weighted by molar-refractivity contribution is 5.84. The van der Waals surface area contributed by atoms with E-state index in [4.69, 9.17) is 4.42 Å². The molecule has 0 bridgehead atoms. The summed E-state index contributed by atoms with van der Waals surface area (Å²) in [6, 6.07) is 5.78. The summed E-state index contributed by atoms with van der Waals surface area (Å²) in [5.74, 6) is 0.296. The Balaban J connectivity index is 2.59. The molecule has 0 unspecified atom stereocenters. The number of aromatic hydroxyl groups is 1. The molecule has 1 aromatic carbocycles. The summed E-state index contributed by atoms with van der Waals surface area (Å²) in [6.07, 6.45) is 3.52. The maximum absolute atomic E-state index is 9.78. The van der Waals surface area contributed by atoms with Crippen LogP contribution in [-0.2, 0) is 6.42 Å². The first-order valence-corrected chi connectivity index (χ1v) is 4.51. The van der Waals surface area contributed by atoms with Crippen LogP contribution in [0.5, 0.6) is 5.75 Å². The van der Waals surface area contributed by atoms with Crippen LogP contribution in [0, 0.1) is 0 Å². The molecular weight excluding hydrogens is 164 g/mol. The number of phenolic OH excluding ortho intramolecular Hbond substituents is 1. The van der Waals surface area contributed by atoms with Gasteiger partial charge in [-0.05, 0) is 18.1 Å². The number of benzene rings is 1. The molecule has 0 aliphatic heterocycles. The third kappa shape index (κ3) is 1.28. The van der Waals surface area contributed by atoms with Crippen LogP contribution in [0.3, 0.4) is 0 Å². The van der Waals surface area contributed by atoms with Crippen molar-refractivity contribution in [1.82, 2.24) is 0 Å². The zero-order valence-electron chi connectivity index (χ0n) is 7.58. The maximum Gasteiger partial charge on any atom is 0.175 e. The van der Waals surface area contributed by atoms with Crippen LogP contribution in [0.25, 0.3) is 11.0 Å². The van der Waals surface area contributed by atoms with Gasteiger partial charge in [0, 0.05) is 5.39 Å². The van der Waals surface area contributed by atoms with Crippen molar-refractivity contribution in [3.63, 3.8) is 0 Å². The van der Waals surface area contributed by atoms with Crippen LogP contribution in [0.4, 0.5) is 0 Å². The molecule has 2 nitrogen and oxygen atoms in total. The highest BCUT2D eigenvalue weighted by Crippen LogP contribution is 2.29. The van der Waals surface area contributed by atoms with Crippen molar-refractivity contribution >= 4 is 11.0 Å². The van der Waals surface area contributed by atoms with Gasteiger partial charge in [0.2, 0.25) is 0 Å². The molecular formula is C11H12O2. The van der Waals surface area contributed by atoms with Crippen LogP contribution < -0.4 is 0 Å². The van der Waals surface area contributed by atoms with Gasteiger partial charge in [-0.25, -0.2) is 0 Å². The molecule has 0 atom stereocenters.